The average molecular weight is 432 g/mol. The molecule has 9 heteroatoms. The van der Waals surface area contributed by atoms with Crippen molar-refractivity contribution in [2.45, 2.75) is 36.9 Å². The highest BCUT2D eigenvalue weighted by atomic mass is 32.2. The van der Waals surface area contributed by atoms with Crippen LogP contribution in [0.4, 0.5) is 5.69 Å². The highest BCUT2D eigenvalue weighted by Gasteiger charge is 2.22. The number of hydrogen-bond donors (Lipinski definition) is 2. The third-order valence-electron chi connectivity index (χ3n) is 4.62. The van der Waals surface area contributed by atoms with E-state index in [0.29, 0.717) is 12.3 Å². The van der Waals surface area contributed by atoms with E-state index in [1.54, 1.807) is 24.3 Å². The van der Waals surface area contributed by atoms with Crippen molar-refractivity contribution in [1.29, 1.82) is 0 Å². The molecule has 3 rings (SSSR count). The molecular weight excluding hydrogens is 408 g/mol. The maximum Gasteiger partial charge on any atom is 0.338 e. The van der Waals surface area contributed by atoms with Gasteiger partial charge in [-0.1, -0.05) is 18.2 Å². The number of benzene rings is 2. The van der Waals surface area contributed by atoms with Gasteiger partial charge in [-0.3, -0.25) is 4.79 Å². The Morgan fingerprint density at radius 3 is 2.47 bits per heavy atom. The zero-order valence-corrected chi connectivity index (χ0v) is 17.4. The highest BCUT2D eigenvalue weighted by Crippen LogP contribution is 2.15. The van der Waals surface area contributed by atoms with Gasteiger partial charge in [0.15, 0.2) is 6.10 Å². The zero-order chi connectivity index (χ0) is 21.6. The molecular formula is C21H24N2O6S. The van der Waals surface area contributed by atoms with Crippen LogP contribution in [0.15, 0.2) is 59.5 Å². The molecule has 0 radical (unpaired) electrons. The lowest BCUT2D eigenvalue weighted by atomic mass is 10.2. The second-order valence-electron chi connectivity index (χ2n) is 6.91. The molecule has 30 heavy (non-hydrogen) atoms. The second kappa shape index (κ2) is 9.84. The van der Waals surface area contributed by atoms with Crippen LogP contribution in [-0.2, 0) is 24.3 Å². The summed E-state index contributed by atoms with van der Waals surface area (Å²) in [5, 5.41) is 2.65. The SMILES string of the molecule is C[C@@H](OC(=O)c1ccc(S(=O)(=O)NC[C@H]2CCCO2)cc1)C(=O)Nc1ccccc1. The van der Waals surface area contributed by atoms with Crippen LogP contribution in [0.1, 0.15) is 30.1 Å². The minimum absolute atomic E-state index is 0.0342. The summed E-state index contributed by atoms with van der Waals surface area (Å²) in [5.74, 6) is -1.19. The van der Waals surface area contributed by atoms with Gasteiger partial charge in [-0.15, -0.1) is 0 Å². The molecule has 2 aromatic carbocycles. The number of anilines is 1. The number of sulfonamides is 1. The van der Waals surface area contributed by atoms with Crippen molar-refractivity contribution in [3.63, 3.8) is 0 Å². The monoisotopic (exact) mass is 432 g/mol. The number of ether oxygens (including phenoxy) is 2. The largest absolute Gasteiger partial charge is 0.449 e. The lowest BCUT2D eigenvalue weighted by Crippen LogP contribution is -2.32. The number of amides is 1. The summed E-state index contributed by atoms with van der Waals surface area (Å²) in [6, 6.07) is 14.2. The van der Waals surface area contributed by atoms with E-state index in [4.69, 9.17) is 9.47 Å². The molecule has 1 aliphatic heterocycles. The third-order valence-corrected chi connectivity index (χ3v) is 6.06. The first-order valence-corrected chi connectivity index (χ1v) is 11.1. The van der Waals surface area contributed by atoms with Gasteiger partial charge < -0.3 is 14.8 Å². The fraction of sp³-hybridized carbons (Fsp3) is 0.333. The number of carbonyl (C=O) groups excluding carboxylic acids is 2. The van der Waals surface area contributed by atoms with Crippen LogP contribution in [0, 0.1) is 0 Å². The maximum atomic E-state index is 12.4. The molecule has 1 amide bonds. The van der Waals surface area contributed by atoms with Gasteiger partial charge in [-0.05, 0) is 56.2 Å². The van der Waals surface area contributed by atoms with Gasteiger partial charge in [0, 0.05) is 18.8 Å². The molecule has 1 saturated heterocycles. The van der Waals surface area contributed by atoms with Crippen LogP contribution in [0.3, 0.4) is 0 Å². The summed E-state index contributed by atoms with van der Waals surface area (Å²) in [6.07, 6.45) is 0.612. The Balaban J connectivity index is 1.55. The van der Waals surface area contributed by atoms with Crippen molar-refractivity contribution in [2.75, 3.05) is 18.5 Å². The van der Waals surface area contributed by atoms with Crippen molar-refractivity contribution >= 4 is 27.6 Å². The lowest BCUT2D eigenvalue weighted by molar-refractivity contribution is -0.123. The quantitative estimate of drug-likeness (QED) is 0.620. The van der Waals surface area contributed by atoms with Crippen molar-refractivity contribution in [3.05, 3.63) is 60.2 Å². The molecule has 0 aromatic heterocycles. The van der Waals surface area contributed by atoms with Gasteiger partial charge in [0.1, 0.15) is 0 Å². The van der Waals surface area contributed by atoms with Crippen LogP contribution in [0.5, 0.6) is 0 Å². The maximum absolute atomic E-state index is 12.4. The van der Waals surface area contributed by atoms with Gasteiger partial charge in [0.2, 0.25) is 10.0 Å². The topological polar surface area (TPSA) is 111 Å². The van der Waals surface area contributed by atoms with E-state index >= 15 is 0 Å². The fourth-order valence-electron chi connectivity index (χ4n) is 2.91. The van der Waals surface area contributed by atoms with Crippen LogP contribution in [0.25, 0.3) is 0 Å². The molecule has 0 bridgehead atoms. The summed E-state index contributed by atoms with van der Waals surface area (Å²) >= 11 is 0. The first-order valence-electron chi connectivity index (χ1n) is 9.63. The standard InChI is InChI=1S/C21H24N2O6S/c1-15(20(24)23-17-6-3-2-4-7-17)29-21(25)16-9-11-19(12-10-16)30(26,27)22-14-18-8-5-13-28-18/h2-4,6-7,9-12,15,18,22H,5,8,13-14H2,1H3,(H,23,24)/t15-,18-/m1/s1. The van der Waals surface area contributed by atoms with Gasteiger partial charge in [-0.25, -0.2) is 17.9 Å². The van der Waals surface area contributed by atoms with Crippen LogP contribution < -0.4 is 10.0 Å². The summed E-state index contributed by atoms with van der Waals surface area (Å²) in [7, 11) is -3.71. The predicted molar refractivity (Wildman–Crippen MR) is 111 cm³/mol. The molecule has 1 heterocycles. The second-order valence-corrected chi connectivity index (χ2v) is 8.68. The Hall–Kier alpha value is -2.75. The first-order chi connectivity index (χ1) is 14.3. The van der Waals surface area contributed by atoms with Crippen molar-refractivity contribution < 1.29 is 27.5 Å². The first kappa shape index (κ1) is 21.9. The third kappa shape index (κ3) is 5.88. The molecule has 160 valence electrons. The Morgan fingerprint density at radius 2 is 1.83 bits per heavy atom. The minimum Gasteiger partial charge on any atom is -0.449 e. The molecule has 1 fully saturated rings. The van der Waals surface area contributed by atoms with Gasteiger partial charge in [-0.2, -0.15) is 0 Å². The van der Waals surface area contributed by atoms with E-state index in [2.05, 4.69) is 10.0 Å². The van der Waals surface area contributed by atoms with Crippen molar-refractivity contribution in [1.82, 2.24) is 4.72 Å². The van der Waals surface area contributed by atoms with Crippen molar-refractivity contribution in [3.8, 4) is 0 Å². The van der Waals surface area contributed by atoms with Crippen LogP contribution in [-0.4, -0.2) is 45.7 Å². The average Bonchev–Trinajstić information content (AvgIpc) is 3.27. The summed E-state index contributed by atoms with van der Waals surface area (Å²) in [5.41, 5.74) is 0.739. The van der Waals surface area contributed by atoms with E-state index in [1.807, 2.05) is 6.07 Å². The normalized spacial score (nSPS) is 17.3. The summed E-state index contributed by atoms with van der Waals surface area (Å²) < 4.78 is 37.9. The molecule has 0 unspecified atom stereocenters. The van der Waals surface area contributed by atoms with E-state index in [9.17, 15) is 18.0 Å². The number of nitrogens with one attached hydrogen (secondary N) is 2. The molecule has 2 aromatic rings. The lowest BCUT2D eigenvalue weighted by Gasteiger charge is -2.14. The van der Waals surface area contributed by atoms with E-state index in [1.165, 1.54) is 31.2 Å². The van der Waals surface area contributed by atoms with Gasteiger partial charge in [0.25, 0.3) is 5.91 Å². The predicted octanol–water partition coefficient (Wildman–Crippen LogP) is 2.33. The molecule has 2 atom stereocenters. The van der Waals surface area contributed by atoms with Crippen molar-refractivity contribution in [2.24, 2.45) is 0 Å². The number of hydrogen-bond acceptors (Lipinski definition) is 6. The Bertz CT molecular complexity index is 970. The highest BCUT2D eigenvalue weighted by molar-refractivity contribution is 7.89. The zero-order valence-electron chi connectivity index (χ0n) is 16.5. The Labute approximate surface area is 175 Å². The van der Waals surface area contributed by atoms with E-state index in [0.717, 1.165) is 12.8 Å². The van der Waals surface area contributed by atoms with E-state index < -0.39 is 28.0 Å². The Kier molecular flexibility index (Phi) is 7.20. The minimum atomic E-state index is -3.71. The molecule has 2 N–H and O–H groups in total. The Morgan fingerprint density at radius 1 is 1.13 bits per heavy atom. The number of esters is 1. The molecule has 0 saturated carbocycles. The van der Waals surface area contributed by atoms with Gasteiger partial charge in [0.05, 0.1) is 16.6 Å². The van der Waals surface area contributed by atoms with Crippen LogP contribution in [0.2, 0.25) is 0 Å². The van der Waals surface area contributed by atoms with E-state index in [-0.39, 0.29) is 23.1 Å². The molecule has 0 aliphatic carbocycles. The number of rotatable bonds is 8. The summed E-state index contributed by atoms with van der Waals surface area (Å²) in [4.78, 5) is 24.5. The van der Waals surface area contributed by atoms with Gasteiger partial charge >= 0.3 is 5.97 Å². The fourth-order valence-corrected chi connectivity index (χ4v) is 3.98. The van der Waals surface area contributed by atoms with Crippen LogP contribution >= 0.6 is 0 Å². The number of para-hydroxylation sites is 1. The smallest absolute Gasteiger partial charge is 0.338 e. The molecule has 1 aliphatic rings. The molecule has 0 spiro atoms. The summed E-state index contributed by atoms with van der Waals surface area (Å²) in [6.45, 7) is 2.31. The molecule has 8 nitrogen and oxygen atoms in total. The number of carbonyl (C=O) groups is 2.